The van der Waals surface area contributed by atoms with Crippen LogP contribution in [0.15, 0.2) is 46.6 Å². The van der Waals surface area contributed by atoms with Crippen molar-refractivity contribution in [3.8, 4) is 0 Å². The third kappa shape index (κ3) is 18.2. The molecule has 0 aromatic carbocycles. The van der Waals surface area contributed by atoms with Gasteiger partial charge in [0.25, 0.3) is 0 Å². The molecule has 658 valence electrons. The van der Waals surface area contributed by atoms with Gasteiger partial charge in [-0.3, -0.25) is 13.8 Å². The third-order valence-electron chi connectivity index (χ3n) is 39.8. The van der Waals surface area contributed by atoms with Crippen LogP contribution in [0.3, 0.4) is 0 Å². The van der Waals surface area contributed by atoms with Crippen molar-refractivity contribution in [1.82, 2.24) is 6.15 Å². The lowest BCUT2D eigenvalue weighted by Crippen LogP contribution is -2.50. The van der Waals surface area contributed by atoms with Crippen LogP contribution in [0.25, 0.3) is 0 Å². The van der Waals surface area contributed by atoms with Crippen molar-refractivity contribution in [2.24, 2.45) is 174 Å². The van der Waals surface area contributed by atoms with Gasteiger partial charge >= 0.3 is 11.9 Å². The van der Waals surface area contributed by atoms with E-state index in [0.29, 0.717) is 87.4 Å². The van der Waals surface area contributed by atoms with Crippen molar-refractivity contribution in [2.45, 2.75) is 380 Å². The molecule has 0 saturated heterocycles. The molecule has 0 radical (unpaired) electrons. The Hall–Kier alpha value is -2.39. The fraction of sp³-hybridized carbons (Fsp3) is 0.902. The molecule has 0 aliphatic heterocycles. The number of allylic oxidation sites excluding steroid dienone is 6. The summed E-state index contributed by atoms with van der Waals surface area (Å²) in [7, 11) is -1.57. The molecular weight excluding hydrogens is 1450 g/mol. The molecule has 0 aromatic heterocycles. The summed E-state index contributed by atoms with van der Waals surface area (Å²) in [6.45, 7) is 39.4. The van der Waals surface area contributed by atoms with Gasteiger partial charge in [-0.25, -0.2) is 8.42 Å². The van der Waals surface area contributed by atoms with Crippen LogP contribution in [-0.4, -0.2) is 79.9 Å². The highest BCUT2D eigenvalue weighted by molar-refractivity contribution is 7.80. The van der Waals surface area contributed by atoms with E-state index in [-0.39, 0.29) is 42.3 Å². The number of aliphatic hydroxyl groups is 3. The van der Waals surface area contributed by atoms with E-state index in [1.807, 2.05) is 25.0 Å². The molecule has 0 spiro atoms. The fourth-order valence-electron chi connectivity index (χ4n) is 33.6. The van der Waals surface area contributed by atoms with Crippen LogP contribution in [0.2, 0.25) is 0 Å². The number of aliphatic hydroxyl groups excluding tert-OH is 3. The maximum Gasteiger partial charge on any atom is 0.305 e. The van der Waals surface area contributed by atoms with Crippen molar-refractivity contribution >= 4 is 22.3 Å². The second-order valence-electron chi connectivity index (χ2n) is 44.8. The van der Waals surface area contributed by atoms with Gasteiger partial charge in [0.2, 0.25) is 10.4 Å². The van der Waals surface area contributed by atoms with Crippen LogP contribution in [-0.2, 0) is 33.6 Å². The molecule has 16 aliphatic rings. The van der Waals surface area contributed by atoms with Crippen LogP contribution >= 0.6 is 0 Å². The Kier molecular flexibility index (Phi) is 30.5. The number of ether oxygens (including phenoxy) is 2. The Morgan fingerprint density at radius 3 is 0.983 bits per heavy atom. The Morgan fingerprint density at radius 2 is 0.696 bits per heavy atom. The predicted octanol–water partition coefficient (Wildman–Crippen LogP) is 25.1. The lowest BCUT2D eigenvalue weighted by atomic mass is 9.46. The average molecular weight is 1620 g/mol. The van der Waals surface area contributed by atoms with Gasteiger partial charge in [0.1, 0.15) is 0 Å². The summed E-state index contributed by atoms with van der Waals surface area (Å²) in [4.78, 5) is 23.3. The maximum absolute atomic E-state index is 11.6. The van der Waals surface area contributed by atoms with Gasteiger partial charge in [-0.1, -0.05) is 157 Å². The Morgan fingerprint density at radius 1 is 0.417 bits per heavy atom. The van der Waals surface area contributed by atoms with Crippen molar-refractivity contribution in [2.75, 3.05) is 27.4 Å². The quantitative estimate of drug-likeness (QED) is 0.0333. The number of quaternary nitrogens is 1. The van der Waals surface area contributed by atoms with Crippen LogP contribution in [0.4, 0.5) is 0 Å². The molecule has 0 heterocycles. The molecule has 0 bridgehead atoms. The molecule has 16 rings (SSSR count). The topological polar surface area (TPSA) is 216 Å². The summed E-state index contributed by atoms with van der Waals surface area (Å²) in [5.41, 5.74) is 10.2. The SMILES string of the molecule is CC.COC(=O)CC[C@@H](C)[C@H]1CCC2C3CC=C4C[C@@H](C)CC[C@]4(C)C3CC[C@@]21C.COC(=O)CC[C@@H](C)[C@H]1CCC2C3CC=C4C[C@@H](O)CC[C@]4(C)C3CC[C@@]21C.C[C@H](CCCOS(=O)(=O)[O-])C1CCC2C3CC=C4C[C@@H](O)CC[C@]4(C)C3CC[C@@]21C.C[C@H]1CC[C@@]2(C)C(=CCC3C2CC[C@@]2(C)C3CC[C@@H]2[C@H](C)CCCO)C1.[NH4+]. The van der Waals surface area contributed by atoms with E-state index < -0.39 is 10.4 Å². The van der Waals surface area contributed by atoms with Crippen molar-refractivity contribution < 1.29 is 51.5 Å². The molecular formula is C102H173NO11S. The number of hydrogen-bond donors (Lipinski definition) is 4. The molecule has 0 aromatic rings. The minimum atomic E-state index is -4.58. The Bertz CT molecular complexity index is 3400. The molecule has 0 amide bonds. The molecule has 7 N–H and O–H groups in total. The highest BCUT2D eigenvalue weighted by Gasteiger charge is 2.64. The number of methoxy groups -OCH3 is 2. The van der Waals surface area contributed by atoms with E-state index in [1.165, 1.54) is 200 Å². The summed E-state index contributed by atoms with van der Waals surface area (Å²) in [6.07, 6.45) is 58.6. The van der Waals surface area contributed by atoms with Gasteiger partial charge in [-0.15, -0.1) is 0 Å². The molecule has 12 nitrogen and oxygen atoms in total. The zero-order chi connectivity index (χ0) is 82.5. The maximum atomic E-state index is 11.6. The Labute approximate surface area is 703 Å². The van der Waals surface area contributed by atoms with Crippen LogP contribution in [0, 0.1) is 174 Å². The largest absolute Gasteiger partial charge is 0.726 e. The molecule has 12 fully saturated rings. The van der Waals surface area contributed by atoms with E-state index in [0.717, 1.165) is 164 Å². The first-order valence-electron chi connectivity index (χ1n) is 48.5. The predicted molar refractivity (Wildman–Crippen MR) is 469 cm³/mol. The minimum absolute atomic E-state index is 0. The molecule has 115 heavy (non-hydrogen) atoms. The molecule has 13 unspecified atom stereocenters. The number of esters is 2. The summed E-state index contributed by atoms with van der Waals surface area (Å²) >= 11 is 0. The fourth-order valence-corrected chi connectivity index (χ4v) is 33.9. The van der Waals surface area contributed by atoms with Crippen LogP contribution < -0.4 is 6.15 Å². The number of carbonyl (C=O) groups excluding carboxylic acids is 2. The first-order chi connectivity index (χ1) is 54.0. The minimum Gasteiger partial charge on any atom is -0.726 e. The van der Waals surface area contributed by atoms with Gasteiger partial charge < -0.3 is 35.5 Å². The standard InChI is InChI=1S/C26H42O2.C25H40O3.C25H42O.C24H40O5S.C2H6.H3N/c1-17-12-14-25(3)19(16-17)7-8-20-22-10-9-21(18(2)6-11-24(27)28-5)26(22,4)15-13-23(20)25;1-16(5-10-23(27)28-4)20-8-9-21-19-7-6-17-15-18(26)11-13-24(17,2)22(19)12-14-25(20,21)3;1-17-11-13-24(3)19(16-17)7-8-20-22-10-9-21(18(2)6-5-15-26)25(22,4)14-12-23(20)24;1-16(5-4-14-29-30(26,27)28)20-8-9-21-19-7-6-17-15-18(25)10-12-23(17,2)22(19)11-13-24(20,21)3;1-2;/h7,17-18,20-23H,6,8-16H2,1-5H3;6,16,18-22,26H,5,7-15H2,1-4H3;7,17-18,20-23,26H,5-6,8-16H2,1-4H3;6,16,18-22,25H,4-5,7-15H2,1-3H3,(H,26,27,28);1-2H3;1H3/t17-,18+,20?,21+,22?,23?,25-,26+;16-,18+,19?,20-,21?,22?,24+,25-;17-,18+,20?,21+,22?,23?,24-,25+;16-,18+,19?,20?,21?,22?,23+,24-;;/m0101../s1. The number of rotatable bonds is 18. The molecule has 32 atom stereocenters. The van der Waals surface area contributed by atoms with E-state index in [9.17, 15) is 37.9 Å². The number of carbonyl (C=O) groups is 2. The summed E-state index contributed by atoms with van der Waals surface area (Å²) in [5, 5.41) is 29.6. The number of hydrogen-bond acceptors (Lipinski definition) is 11. The monoisotopic (exact) mass is 1620 g/mol. The highest BCUT2D eigenvalue weighted by atomic mass is 32.3. The van der Waals surface area contributed by atoms with E-state index in [2.05, 4.69) is 125 Å². The number of fused-ring (bicyclic) bond motifs is 20. The van der Waals surface area contributed by atoms with Gasteiger partial charge in [-0.05, 0) is 418 Å². The molecule has 12 saturated carbocycles. The van der Waals surface area contributed by atoms with Crippen molar-refractivity contribution in [3.63, 3.8) is 0 Å². The van der Waals surface area contributed by atoms with Crippen LogP contribution in [0.5, 0.6) is 0 Å². The van der Waals surface area contributed by atoms with Gasteiger partial charge in [0.15, 0.2) is 0 Å². The zero-order valence-electron chi connectivity index (χ0n) is 76.9. The lowest BCUT2D eigenvalue weighted by molar-refractivity contribution is -0.142. The van der Waals surface area contributed by atoms with E-state index in [4.69, 9.17) is 9.47 Å². The summed E-state index contributed by atoms with van der Waals surface area (Å²) in [6, 6.07) is 0. The Balaban J connectivity index is 0.000000150. The highest BCUT2D eigenvalue weighted by Crippen LogP contribution is 2.73. The summed E-state index contributed by atoms with van der Waals surface area (Å²) in [5.74, 6) is 17.6. The van der Waals surface area contributed by atoms with Gasteiger partial charge in [0.05, 0.1) is 33.0 Å². The van der Waals surface area contributed by atoms with E-state index in [1.54, 1.807) is 5.57 Å². The normalized spacial score (nSPS) is 45.2. The smallest absolute Gasteiger partial charge is 0.305 e. The first kappa shape index (κ1) is 93.3. The zero-order valence-corrected chi connectivity index (χ0v) is 77.7. The first-order valence-corrected chi connectivity index (χ1v) is 49.9. The van der Waals surface area contributed by atoms with Crippen LogP contribution in [0.1, 0.15) is 368 Å². The van der Waals surface area contributed by atoms with Crippen molar-refractivity contribution in [3.05, 3.63) is 46.6 Å². The average Bonchev–Trinajstić information content (AvgIpc) is 0.934. The van der Waals surface area contributed by atoms with Crippen molar-refractivity contribution in [1.29, 1.82) is 0 Å². The van der Waals surface area contributed by atoms with Gasteiger partial charge in [0, 0.05) is 19.4 Å². The lowest BCUT2D eigenvalue weighted by Gasteiger charge is -2.58. The second kappa shape index (κ2) is 37.6. The second-order valence-corrected chi connectivity index (χ2v) is 45.9. The third-order valence-corrected chi connectivity index (χ3v) is 40.3. The van der Waals surface area contributed by atoms with Gasteiger partial charge in [-0.2, -0.15) is 0 Å². The molecule has 13 heteroatoms. The van der Waals surface area contributed by atoms with E-state index >= 15 is 0 Å². The molecule has 16 aliphatic carbocycles. The summed E-state index contributed by atoms with van der Waals surface area (Å²) < 4.78 is 46.1.